The Morgan fingerprint density at radius 1 is 1.10 bits per heavy atom. The monoisotopic (exact) mass is 434 g/mol. The van der Waals surface area contributed by atoms with E-state index in [-0.39, 0.29) is 36.8 Å². The average molecular weight is 435 g/mol. The molecule has 29 heavy (non-hydrogen) atoms. The highest BCUT2D eigenvalue weighted by Crippen LogP contribution is 2.18. The molecule has 156 valence electrons. The molecule has 1 unspecified atom stereocenters. The normalized spacial score (nSPS) is 11.1. The van der Waals surface area contributed by atoms with Gasteiger partial charge < -0.3 is 11.1 Å². The van der Waals surface area contributed by atoms with Crippen LogP contribution in [0.15, 0.2) is 54.6 Å². The lowest BCUT2D eigenvalue weighted by Crippen LogP contribution is -2.26. The van der Waals surface area contributed by atoms with Crippen molar-refractivity contribution in [1.29, 1.82) is 0 Å². The van der Waals surface area contributed by atoms with Gasteiger partial charge in [-0.05, 0) is 62.6 Å². The van der Waals surface area contributed by atoms with Crippen LogP contribution in [-0.4, -0.2) is 15.7 Å². The third kappa shape index (κ3) is 6.24. The van der Waals surface area contributed by atoms with Gasteiger partial charge in [0.15, 0.2) is 0 Å². The number of nitrogen functional groups attached to an aromatic ring is 1. The molecule has 0 aliphatic heterocycles. The number of para-hydroxylation sites is 1. The molecule has 0 fully saturated rings. The van der Waals surface area contributed by atoms with E-state index in [1.807, 2.05) is 74.0 Å². The highest BCUT2D eigenvalue weighted by molar-refractivity contribution is 5.85. The maximum Gasteiger partial charge on any atom is 0.220 e. The highest BCUT2D eigenvalue weighted by atomic mass is 35.5. The van der Waals surface area contributed by atoms with Crippen LogP contribution in [0.3, 0.4) is 0 Å². The molecule has 0 aliphatic rings. The third-order valence-corrected chi connectivity index (χ3v) is 4.70. The second-order valence-corrected chi connectivity index (χ2v) is 6.92. The summed E-state index contributed by atoms with van der Waals surface area (Å²) in [4.78, 5) is 12.3. The number of carbonyl (C=O) groups is 1. The van der Waals surface area contributed by atoms with Gasteiger partial charge in [0.2, 0.25) is 5.91 Å². The predicted molar refractivity (Wildman–Crippen MR) is 123 cm³/mol. The fourth-order valence-corrected chi connectivity index (χ4v) is 3.20. The van der Waals surface area contributed by atoms with Gasteiger partial charge in [0.25, 0.3) is 0 Å². The number of anilines is 1. The minimum absolute atomic E-state index is 0. The summed E-state index contributed by atoms with van der Waals surface area (Å²) in [6, 6.07) is 17.8. The summed E-state index contributed by atoms with van der Waals surface area (Å²) in [5.41, 5.74) is 11.9. The van der Waals surface area contributed by atoms with E-state index in [1.165, 1.54) is 0 Å². The first-order valence-corrected chi connectivity index (χ1v) is 9.20. The van der Waals surface area contributed by atoms with E-state index < -0.39 is 0 Å². The van der Waals surface area contributed by atoms with Gasteiger partial charge in [-0.2, -0.15) is 5.10 Å². The SMILES string of the molecule is Cc1cc(C)n(-c2ccc(C(C)NC(=O)CCc3ccccc3N)cc2)n1.Cl.Cl. The summed E-state index contributed by atoms with van der Waals surface area (Å²) in [5.74, 6) is 0.0216. The molecule has 5 nitrogen and oxygen atoms in total. The van der Waals surface area contributed by atoms with E-state index in [4.69, 9.17) is 5.73 Å². The lowest BCUT2D eigenvalue weighted by Gasteiger charge is -2.15. The van der Waals surface area contributed by atoms with Crippen LogP contribution in [-0.2, 0) is 11.2 Å². The smallest absolute Gasteiger partial charge is 0.220 e. The van der Waals surface area contributed by atoms with Crippen LogP contribution in [0.4, 0.5) is 5.69 Å². The molecule has 3 aromatic rings. The Morgan fingerprint density at radius 2 is 1.76 bits per heavy atom. The van der Waals surface area contributed by atoms with Crippen LogP contribution in [0.25, 0.3) is 5.69 Å². The molecule has 1 amide bonds. The summed E-state index contributed by atoms with van der Waals surface area (Å²) in [5, 5.41) is 7.56. The average Bonchev–Trinajstić information content (AvgIpc) is 2.99. The predicted octanol–water partition coefficient (Wildman–Crippen LogP) is 4.72. The highest BCUT2D eigenvalue weighted by Gasteiger charge is 2.11. The molecule has 3 rings (SSSR count). The summed E-state index contributed by atoms with van der Waals surface area (Å²) in [6.45, 7) is 6.02. The van der Waals surface area contributed by atoms with Crippen molar-refractivity contribution in [3.8, 4) is 5.69 Å². The fourth-order valence-electron chi connectivity index (χ4n) is 3.20. The first-order valence-electron chi connectivity index (χ1n) is 9.20. The van der Waals surface area contributed by atoms with E-state index in [0.29, 0.717) is 12.8 Å². The van der Waals surface area contributed by atoms with Gasteiger partial charge in [-0.1, -0.05) is 30.3 Å². The van der Waals surface area contributed by atoms with Crippen LogP contribution < -0.4 is 11.1 Å². The number of aryl methyl sites for hydroxylation is 3. The zero-order valence-corrected chi connectivity index (χ0v) is 18.5. The number of carbonyl (C=O) groups excluding carboxylic acids is 1. The Balaban J connectivity index is 0.00000210. The van der Waals surface area contributed by atoms with Crippen LogP contribution in [0.2, 0.25) is 0 Å². The first-order chi connectivity index (χ1) is 12.9. The fraction of sp³-hybridized carbons (Fsp3) is 0.273. The Hall–Kier alpha value is -2.50. The van der Waals surface area contributed by atoms with Crippen molar-refractivity contribution in [2.75, 3.05) is 5.73 Å². The Bertz CT molecular complexity index is 938. The minimum atomic E-state index is -0.0554. The molecule has 0 radical (unpaired) electrons. The number of nitrogens with one attached hydrogen (secondary N) is 1. The summed E-state index contributed by atoms with van der Waals surface area (Å²) in [7, 11) is 0. The van der Waals surface area contributed by atoms with Gasteiger partial charge in [-0.15, -0.1) is 24.8 Å². The van der Waals surface area contributed by atoms with Crippen molar-refractivity contribution < 1.29 is 4.79 Å². The molecule has 0 aliphatic carbocycles. The number of benzene rings is 2. The Morgan fingerprint density at radius 3 is 2.34 bits per heavy atom. The number of hydrogen-bond acceptors (Lipinski definition) is 3. The largest absolute Gasteiger partial charge is 0.399 e. The molecule has 1 atom stereocenters. The van der Waals surface area contributed by atoms with Crippen LogP contribution in [0.5, 0.6) is 0 Å². The van der Waals surface area contributed by atoms with E-state index in [9.17, 15) is 4.79 Å². The number of amides is 1. The molecule has 0 saturated carbocycles. The van der Waals surface area contributed by atoms with Gasteiger partial charge in [0.05, 0.1) is 17.4 Å². The second kappa shape index (κ2) is 10.9. The number of aromatic nitrogens is 2. The zero-order valence-electron chi connectivity index (χ0n) is 16.9. The van der Waals surface area contributed by atoms with Crippen molar-refractivity contribution in [1.82, 2.24) is 15.1 Å². The third-order valence-electron chi connectivity index (χ3n) is 4.70. The maximum atomic E-state index is 12.3. The quantitative estimate of drug-likeness (QED) is 0.550. The van der Waals surface area contributed by atoms with Gasteiger partial charge in [0.1, 0.15) is 0 Å². The first kappa shape index (κ1) is 24.5. The molecule has 1 aromatic heterocycles. The molecule has 3 N–H and O–H groups in total. The molecule has 7 heteroatoms. The standard InChI is InChI=1S/C22H26N4O.2ClH/c1-15-14-16(2)26(25-15)20-11-8-18(9-12-20)17(3)24-22(27)13-10-19-6-4-5-7-21(19)23;;/h4-9,11-12,14,17H,10,13,23H2,1-3H3,(H,24,27);2*1H. The van der Waals surface area contributed by atoms with E-state index in [1.54, 1.807) is 0 Å². The van der Waals surface area contributed by atoms with E-state index in [0.717, 1.165) is 33.9 Å². The van der Waals surface area contributed by atoms with Gasteiger partial charge >= 0.3 is 0 Å². The van der Waals surface area contributed by atoms with Crippen LogP contribution >= 0.6 is 24.8 Å². The van der Waals surface area contributed by atoms with Crippen LogP contribution in [0.1, 0.15) is 41.9 Å². The molecule has 0 saturated heterocycles. The number of halogens is 2. The maximum absolute atomic E-state index is 12.3. The molecule has 1 heterocycles. The minimum Gasteiger partial charge on any atom is -0.399 e. The number of nitrogens with zero attached hydrogens (tertiary/aromatic N) is 2. The Labute approximate surface area is 184 Å². The van der Waals surface area contributed by atoms with Crippen molar-refractivity contribution in [2.45, 2.75) is 39.7 Å². The number of rotatable bonds is 6. The van der Waals surface area contributed by atoms with E-state index >= 15 is 0 Å². The molecule has 2 aromatic carbocycles. The van der Waals surface area contributed by atoms with Crippen molar-refractivity contribution in [2.24, 2.45) is 0 Å². The van der Waals surface area contributed by atoms with Gasteiger partial charge in [-0.3, -0.25) is 4.79 Å². The summed E-state index contributed by atoms with van der Waals surface area (Å²) >= 11 is 0. The number of nitrogens with two attached hydrogens (primary N) is 1. The molecular weight excluding hydrogens is 407 g/mol. The van der Waals surface area contributed by atoms with Crippen molar-refractivity contribution >= 4 is 36.4 Å². The number of hydrogen-bond donors (Lipinski definition) is 2. The van der Waals surface area contributed by atoms with Crippen molar-refractivity contribution in [3.63, 3.8) is 0 Å². The summed E-state index contributed by atoms with van der Waals surface area (Å²) < 4.78 is 1.92. The lowest BCUT2D eigenvalue weighted by atomic mass is 10.1. The molecule has 0 spiro atoms. The van der Waals surface area contributed by atoms with Gasteiger partial charge in [-0.25, -0.2) is 4.68 Å². The summed E-state index contributed by atoms with van der Waals surface area (Å²) in [6.07, 6.45) is 1.06. The second-order valence-electron chi connectivity index (χ2n) is 6.92. The van der Waals surface area contributed by atoms with E-state index in [2.05, 4.69) is 16.5 Å². The lowest BCUT2D eigenvalue weighted by molar-refractivity contribution is -0.121. The Kier molecular flexibility index (Phi) is 9.21. The van der Waals surface area contributed by atoms with Crippen molar-refractivity contribution in [3.05, 3.63) is 77.1 Å². The molecular formula is C22H28Cl2N4O. The van der Waals surface area contributed by atoms with Gasteiger partial charge in [0, 0.05) is 17.8 Å². The molecule has 0 bridgehead atoms. The zero-order chi connectivity index (χ0) is 19.4. The topological polar surface area (TPSA) is 72.9 Å². The van der Waals surface area contributed by atoms with Crippen LogP contribution in [0, 0.1) is 13.8 Å².